The Morgan fingerprint density at radius 1 is 1.00 bits per heavy atom. The first-order valence-corrected chi connectivity index (χ1v) is 14.6. The second-order valence-corrected chi connectivity index (χ2v) is 12.6. The maximum absolute atomic E-state index is 13.3. The van der Waals surface area contributed by atoms with Crippen LogP contribution in [0.25, 0.3) is 0 Å². The fourth-order valence-corrected chi connectivity index (χ4v) is 7.35. The topological polar surface area (TPSA) is 99.2 Å². The van der Waals surface area contributed by atoms with Gasteiger partial charge in [0.25, 0.3) is 5.91 Å². The Labute approximate surface area is 217 Å². The molecule has 0 radical (unpaired) electrons. The molecule has 0 aliphatic carbocycles. The number of sulfonamides is 1. The predicted octanol–water partition coefficient (Wildman–Crippen LogP) is 1.84. The van der Waals surface area contributed by atoms with Crippen molar-refractivity contribution >= 4 is 27.3 Å². The zero-order valence-electron chi connectivity index (χ0n) is 21.6. The molecular weight excluding hydrogens is 500 g/mol. The van der Waals surface area contributed by atoms with Crippen LogP contribution in [0, 0.1) is 13.8 Å². The van der Waals surface area contributed by atoms with Crippen LogP contribution in [-0.2, 0) is 16.6 Å². The lowest BCUT2D eigenvalue weighted by molar-refractivity contribution is 0.0625. The first-order valence-electron chi connectivity index (χ1n) is 12.4. The van der Waals surface area contributed by atoms with Crippen molar-refractivity contribution < 1.29 is 17.9 Å². The molecule has 2 aromatic rings. The molecule has 4 rings (SSSR count). The van der Waals surface area contributed by atoms with Gasteiger partial charge in [0.2, 0.25) is 15.0 Å². The van der Waals surface area contributed by atoms with Gasteiger partial charge in [-0.1, -0.05) is 11.3 Å². The predicted molar refractivity (Wildman–Crippen MR) is 139 cm³/mol. The molecule has 2 aliphatic rings. The highest BCUT2D eigenvalue weighted by Gasteiger charge is 2.29. The van der Waals surface area contributed by atoms with E-state index in [1.54, 1.807) is 33.1 Å². The number of ether oxygens (including phenoxy) is 1. The fourth-order valence-electron chi connectivity index (χ4n) is 4.87. The van der Waals surface area contributed by atoms with Crippen molar-refractivity contribution in [3.05, 3.63) is 33.3 Å². The molecule has 36 heavy (non-hydrogen) atoms. The van der Waals surface area contributed by atoms with Crippen LogP contribution < -0.4 is 4.74 Å². The molecule has 1 amide bonds. The number of hydrogen-bond acceptors (Lipinski definition) is 9. The first-order chi connectivity index (χ1) is 17.2. The van der Waals surface area contributed by atoms with E-state index in [9.17, 15) is 13.2 Å². The highest BCUT2D eigenvalue weighted by molar-refractivity contribution is 7.89. The molecule has 10 nitrogen and oxygen atoms in total. The summed E-state index contributed by atoms with van der Waals surface area (Å²) >= 11 is 1.16. The molecule has 1 aromatic heterocycles. The van der Waals surface area contributed by atoms with E-state index in [2.05, 4.69) is 20.0 Å². The zero-order valence-corrected chi connectivity index (χ0v) is 23.2. The van der Waals surface area contributed by atoms with Crippen molar-refractivity contribution in [2.45, 2.75) is 38.1 Å². The second-order valence-electron chi connectivity index (χ2n) is 9.53. The third-order valence-electron chi connectivity index (χ3n) is 6.94. The number of methoxy groups -OCH3 is 1. The molecule has 1 aromatic carbocycles. The van der Waals surface area contributed by atoms with Crippen LogP contribution in [0.5, 0.6) is 5.75 Å². The van der Waals surface area contributed by atoms with Gasteiger partial charge in [-0.05, 0) is 63.0 Å². The summed E-state index contributed by atoms with van der Waals surface area (Å²) in [7, 11) is -0.690. The molecule has 198 valence electrons. The van der Waals surface area contributed by atoms with Crippen LogP contribution in [0.1, 0.15) is 38.8 Å². The molecular formula is C24H36N6O4S2. The largest absolute Gasteiger partial charge is 0.497 e. The van der Waals surface area contributed by atoms with E-state index < -0.39 is 10.0 Å². The minimum atomic E-state index is -3.76. The summed E-state index contributed by atoms with van der Waals surface area (Å²) in [5.41, 5.74) is 1.23. The van der Waals surface area contributed by atoms with E-state index in [-0.39, 0.29) is 17.3 Å². The van der Waals surface area contributed by atoms with Crippen molar-refractivity contribution in [1.29, 1.82) is 0 Å². The number of carbonyl (C=O) groups excluding carboxylic acids is 1. The minimum absolute atomic E-state index is 0.0441. The second kappa shape index (κ2) is 11.5. The van der Waals surface area contributed by atoms with Crippen LogP contribution >= 0.6 is 11.3 Å². The zero-order chi connectivity index (χ0) is 25.9. The lowest BCUT2D eigenvalue weighted by Crippen LogP contribution is -2.50. The van der Waals surface area contributed by atoms with Crippen LogP contribution in [0.3, 0.4) is 0 Å². The highest BCUT2D eigenvalue weighted by Crippen LogP contribution is 2.29. The average molecular weight is 537 g/mol. The fraction of sp³-hybridized carbons (Fsp3) is 0.625. The first kappa shape index (κ1) is 26.9. The molecule has 12 heteroatoms. The molecule has 3 heterocycles. The number of likely N-dealkylation sites (tertiary alicyclic amines) is 1. The number of piperazine rings is 1. The van der Waals surface area contributed by atoms with Gasteiger partial charge < -0.3 is 14.5 Å². The lowest BCUT2D eigenvalue weighted by atomic mass is 10.1. The van der Waals surface area contributed by atoms with Crippen molar-refractivity contribution in [2.24, 2.45) is 0 Å². The molecule has 0 saturated carbocycles. The lowest BCUT2D eigenvalue weighted by Gasteiger charge is -2.35. The summed E-state index contributed by atoms with van der Waals surface area (Å²) in [6.07, 6.45) is 2.60. The van der Waals surface area contributed by atoms with Crippen LogP contribution in [0.4, 0.5) is 0 Å². The van der Waals surface area contributed by atoms with Crippen molar-refractivity contribution in [3.63, 3.8) is 0 Å². The van der Waals surface area contributed by atoms with Crippen LogP contribution in [-0.4, -0.2) is 110 Å². The summed E-state index contributed by atoms with van der Waals surface area (Å²) in [5.74, 6) is 0.483. The number of aryl methyl sites for hydroxylation is 2. The number of carbonyl (C=O) groups is 1. The van der Waals surface area contributed by atoms with E-state index in [4.69, 9.17) is 4.74 Å². The summed E-state index contributed by atoms with van der Waals surface area (Å²) < 4.78 is 33.1. The standard InChI is InChI=1S/C24H36N6O4S2/c1-18-15-20(34-4)16-19(2)22(18)36(32,33)27(3)17-21-25-26-23(35-21)24(31)30-13-11-29(12-14-30)10-9-28-7-5-6-8-28/h15-16H,5-14,17H2,1-4H3. The van der Waals surface area contributed by atoms with Gasteiger partial charge in [0.15, 0.2) is 0 Å². The van der Waals surface area contributed by atoms with Gasteiger partial charge in [-0.3, -0.25) is 9.69 Å². The molecule has 2 saturated heterocycles. The van der Waals surface area contributed by atoms with Gasteiger partial charge in [-0.15, -0.1) is 10.2 Å². The van der Waals surface area contributed by atoms with Gasteiger partial charge in [0.05, 0.1) is 18.6 Å². The number of aromatic nitrogens is 2. The Balaban J connectivity index is 1.33. The van der Waals surface area contributed by atoms with Crippen molar-refractivity contribution in [3.8, 4) is 5.75 Å². The highest BCUT2D eigenvalue weighted by atomic mass is 32.2. The van der Waals surface area contributed by atoms with Gasteiger partial charge in [-0.2, -0.15) is 4.31 Å². The Kier molecular flexibility index (Phi) is 8.61. The monoisotopic (exact) mass is 536 g/mol. The Bertz CT molecular complexity index is 1150. The van der Waals surface area contributed by atoms with Crippen molar-refractivity contribution in [1.82, 2.24) is 29.2 Å². The SMILES string of the molecule is COc1cc(C)c(S(=O)(=O)N(C)Cc2nnc(C(=O)N3CCN(CCN4CCCC4)CC3)s2)c(C)c1. The van der Waals surface area contributed by atoms with Crippen molar-refractivity contribution in [2.75, 3.05) is 66.5 Å². The van der Waals surface area contributed by atoms with Gasteiger partial charge >= 0.3 is 0 Å². The summed E-state index contributed by atoms with van der Waals surface area (Å²) in [6.45, 7) is 11.1. The molecule has 0 unspecified atom stereocenters. The smallest absolute Gasteiger partial charge is 0.284 e. The molecule has 0 spiro atoms. The Morgan fingerprint density at radius 3 is 2.17 bits per heavy atom. The minimum Gasteiger partial charge on any atom is -0.497 e. The molecule has 0 bridgehead atoms. The van der Waals surface area contributed by atoms with Gasteiger partial charge in [-0.25, -0.2) is 8.42 Å². The number of hydrogen-bond donors (Lipinski definition) is 0. The maximum Gasteiger partial charge on any atom is 0.284 e. The van der Waals surface area contributed by atoms with E-state index in [1.807, 2.05) is 4.90 Å². The summed E-state index contributed by atoms with van der Waals surface area (Å²) in [4.78, 5) is 20.0. The number of nitrogens with zero attached hydrogens (tertiary/aromatic N) is 6. The maximum atomic E-state index is 13.3. The van der Waals surface area contributed by atoms with E-state index in [0.717, 1.165) is 37.5 Å². The average Bonchev–Trinajstić information content (AvgIpc) is 3.54. The quantitative estimate of drug-likeness (QED) is 0.479. The molecule has 2 fully saturated rings. The van der Waals surface area contributed by atoms with Crippen LogP contribution in [0.15, 0.2) is 17.0 Å². The van der Waals surface area contributed by atoms with Crippen LogP contribution in [0.2, 0.25) is 0 Å². The number of amides is 1. The van der Waals surface area contributed by atoms with E-state index in [1.165, 1.54) is 37.3 Å². The van der Waals surface area contributed by atoms with E-state index in [0.29, 0.717) is 40.0 Å². The van der Waals surface area contributed by atoms with Gasteiger partial charge in [0, 0.05) is 46.3 Å². The number of rotatable bonds is 9. The Morgan fingerprint density at radius 2 is 1.58 bits per heavy atom. The Hall–Kier alpha value is -2.12. The number of benzene rings is 1. The molecule has 0 N–H and O–H groups in total. The molecule has 0 atom stereocenters. The third-order valence-corrected chi connectivity index (χ3v) is 9.94. The molecule has 2 aliphatic heterocycles. The normalized spacial score (nSPS) is 17.8. The van der Waals surface area contributed by atoms with Gasteiger partial charge in [0.1, 0.15) is 10.8 Å². The summed E-state index contributed by atoms with van der Waals surface area (Å²) in [5, 5.41) is 8.99. The van der Waals surface area contributed by atoms with E-state index >= 15 is 0 Å². The summed E-state index contributed by atoms with van der Waals surface area (Å²) in [6, 6.07) is 3.42. The third kappa shape index (κ3) is 6.05.